The van der Waals surface area contributed by atoms with E-state index in [1.807, 2.05) is 26.8 Å². The summed E-state index contributed by atoms with van der Waals surface area (Å²) in [4.78, 5) is 12.1. The van der Waals surface area contributed by atoms with Crippen molar-refractivity contribution in [1.82, 2.24) is 10.5 Å². The van der Waals surface area contributed by atoms with Crippen LogP contribution >= 0.6 is 0 Å². The highest BCUT2D eigenvalue weighted by Crippen LogP contribution is 2.24. The summed E-state index contributed by atoms with van der Waals surface area (Å²) in [6.07, 6.45) is 2.84. The van der Waals surface area contributed by atoms with E-state index in [0.717, 1.165) is 30.7 Å². The van der Waals surface area contributed by atoms with Crippen LogP contribution in [-0.2, 0) is 16.1 Å². The van der Waals surface area contributed by atoms with Crippen LogP contribution in [0, 0.1) is 0 Å². The van der Waals surface area contributed by atoms with Crippen molar-refractivity contribution in [3.63, 3.8) is 0 Å². The van der Waals surface area contributed by atoms with Crippen molar-refractivity contribution < 1.29 is 14.1 Å². The molecule has 0 bridgehead atoms. The Morgan fingerprint density at radius 3 is 2.89 bits per heavy atom. The fraction of sp³-hybridized carbons (Fsp3) is 0.714. The van der Waals surface area contributed by atoms with Gasteiger partial charge in [-0.25, -0.2) is 0 Å². The fourth-order valence-electron chi connectivity index (χ4n) is 2.15. The highest BCUT2D eigenvalue weighted by atomic mass is 16.5. The molecule has 1 aromatic heterocycles. The van der Waals surface area contributed by atoms with E-state index in [-0.39, 0.29) is 5.91 Å². The SMILES string of the molecule is CC(C)c1cc(CNC(=O)C2(C)CCCCO2)no1. The number of aromatic nitrogens is 1. The van der Waals surface area contributed by atoms with Crippen LogP contribution in [0.25, 0.3) is 0 Å². The minimum absolute atomic E-state index is 0.0682. The first kappa shape index (κ1) is 14.1. The quantitative estimate of drug-likeness (QED) is 0.908. The van der Waals surface area contributed by atoms with Gasteiger partial charge in [-0.2, -0.15) is 0 Å². The molecule has 1 N–H and O–H groups in total. The summed E-state index contributed by atoms with van der Waals surface area (Å²) in [5.41, 5.74) is 0.0551. The molecule has 0 aliphatic carbocycles. The van der Waals surface area contributed by atoms with Crippen LogP contribution in [0.4, 0.5) is 0 Å². The first-order valence-electron chi connectivity index (χ1n) is 6.89. The molecule has 1 aliphatic rings. The summed E-state index contributed by atoms with van der Waals surface area (Å²) in [6.45, 7) is 6.97. The molecule has 5 nitrogen and oxygen atoms in total. The van der Waals surface area contributed by atoms with Crippen molar-refractivity contribution in [3.05, 3.63) is 17.5 Å². The Hall–Kier alpha value is -1.36. The van der Waals surface area contributed by atoms with Gasteiger partial charge in [-0.1, -0.05) is 19.0 Å². The van der Waals surface area contributed by atoms with Crippen molar-refractivity contribution in [2.24, 2.45) is 0 Å². The minimum atomic E-state index is -0.692. The second-order valence-electron chi connectivity index (χ2n) is 5.59. The number of ether oxygens (including phenoxy) is 1. The number of carbonyl (C=O) groups excluding carboxylic acids is 1. The molecule has 2 rings (SSSR count). The highest BCUT2D eigenvalue weighted by molar-refractivity contribution is 5.84. The van der Waals surface area contributed by atoms with Gasteiger partial charge in [0.1, 0.15) is 17.1 Å². The zero-order valence-corrected chi connectivity index (χ0v) is 11.9. The van der Waals surface area contributed by atoms with Gasteiger partial charge in [0.2, 0.25) is 0 Å². The zero-order chi connectivity index (χ0) is 13.9. The molecule has 1 aromatic rings. The molecular formula is C14H22N2O3. The molecule has 1 atom stereocenters. The number of nitrogens with one attached hydrogen (secondary N) is 1. The first-order chi connectivity index (χ1) is 9.01. The molecule has 1 aliphatic heterocycles. The number of rotatable bonds is 4. The number of nitrogens with zero attached hydrogens (tertiary/aromatic N) is 1. The summed E-state index contributed by atoms with van der Waals surface area (Å²) in [6, 6.07) is 1.88. The summed E-state index contributed by atoms with van der Waals surface area (Å²) < 4.78 is 10.8. The average Bonchev–Trinajstić information content (AvgIpc) is 2.85. The van der Waals surface area contributed by atoms with Crippen LogP contribution in [0.3, 0.4) is 0 Å². The van der Waals surface area contributed by atoms with Gasteiger partial charge in [0.15, 0.2) is 0 Å². The van der Waals surface area contributed by atoms with E-state index in [9.17, 15) is 4.79 Å². The fourth-order valence-corrected chi connectivity index (χ4v) is 2.15. The summed E-state index contributed by atoms with van der Waals surface area (Å²) in [5.74, 6) is 1.07. The van der Waals surface area contributed by atoms with E-state index < -0.39 is 5.60 Å². The van der Waals surface area contributed by atoms with Crippen LogP contribution in [0.2, 0.25) is 0 Å². The Labute approximate surface area is 113 Å². The van der Waals surface area contributed by atoms with E-state index >= 15 is 0 Å². The van der Waals surface area contributed by atoms with E-state index in [4.69, 9.17) is 9.26 Å². The molecule has 5 heteroatoms. The molecule has 2 heterocycles. The molecule has 19 heavy (non-hydrogen) atoms. The summed E-state index contributed by atoms with van der Waals surface area (Å²) in [5, 5.41) is 6.82. The monoisotopic (exact) mass is 266 g/mol. The van der Waals surface area contributed by atoms with Gasteiger partial charge >= 0.3 is 0 Å². The summed E-state index contributed by atoms with van der Waals surface area (Å²) in [7, 11) is 0. The maximum atomic E-state index is 12.1. The average molecular weight is 266 g/mol. The number of amides is 1. The van der Waals surface area contributed by atoms with Gasteiger partial charge in [0.25, 0.3) is 5.91 Å². The Bertz CT molecular complexity index is 434. The van der Waals surface area contributed by atoms with Crippen LogP contribution < -0.4 is 5.32 Å². The van der Waals surface area contributed by atoms with Crippen molar-refractivity contribution in [2.45, 2.75) is 58.1 Å². The van der Waals surface area contributed by atoms with E-state index in [1.54, 1.807) is 0 Å². The Kier molecular flexibility index (Phi) is 4.24. The molecular weight excluding hydrogens is 244 g/mol. The Morgan fingerprint density at radius 2 is 2.32 bits per heavy atom. The summed E-state index contributed by atoms with van der Waals surface area (Å²) >= 11 is 0. The molecule has 106 valence electrons. The molecule has 0 spiro atoms. The lowest BCUT2D eigenvalue weighted by molar-refractivity contribution is -0.150. The van der Waals surface area contributed by atoms with Crippen molar-refractivity contribution in [3.8, 4) is 0 Å². The van der Waals surface area contributed by atoms with Gasteiger partial charge in [-0.05, 0) is 26.2 Å². The Balaban J connectivity index is 1.88. The van der Waals surface area contributed by atoms with Crippen molar-refractivity contribution in [2.75, 3.05) is 6.61 Å². The Morgan fingerprint density at radius 1 is 1.53 bits per heavy atom. The third kappa shape index (κ3) is 3.35. The standard InChI is InChI=1S/C14H22N2O3/c1-10(2)12-8-11(16-19-12)9-15-13(17)14(3)6-4-5-7-18-14/h8,10H,4-7,9H2,1-3H3,(H,15,17). The number of hydrogen-bond donors (Lipinski definition) is 1. The molecule has 1 unspecified atom stereocenters. The predicted molar refractivity (Wildman–Crippen MR) is 70.6 cm³/mol. The largest absolute Gasteiger partial charge is 0.365 e. The second kappa shape index (κ2) is 5.74. The van der Waals surface area contributed by atoms with Gasteiger partial charge in [0, 0.05) is 18.6 Å². The van der Waals surface area contributed by atoms with Crippen LogP contribution in [0.15, 0.2) is 10.6 Å². The molecule has 0 aromatic carbocycles. The third-order valence-corrected chi connectivity index (χ3v) is 3.53. The van der Waals surface area contributed by atoms with E-state index in [0.29, 0.717) is 19.1 Å². The second-order valence-corrected chi connectivity index (χ2v) is 5.59. The van der Waals surface area contributed by atoms with Crippen molar-refractivity contribution >= 4 is 5.91 Å². The van der Waals surface area contributed by atoms with E-state index in [2.05, 4.69) is 10.5 Å². The lowest BCUT2D eigenvalue weighted by Crippen LogP contribution is -2.48. The molecule has 1 saturated heterocycles. The van der Waals surface area contributed by atoms with Gasteiger partial charge in [0.05, 0.1) is 6.54 Å². The lowest BCUT2D eigenvalue weighted by atomic mass is 9.95. The normalized spacial score (nSPS) is 23.6. The maximum absolute atomic E-state index is 12.1. The third-order valence-electron chi connectivity index (χ3n) is 3.53. The zero-order valence-electron chi connectivity index (χ0n) is 11.9. The molecule has 1 amide bonds. The van der Waals surface area contributed by atoms with Crippen LogP contribution in [0.1, 0.15) is 57.4 Å². The smallest absolute Gasteiger partial charge is 0.252 e. The van der Waals surface area contributed by atoms with E-state index in [1.165, 1.54) is 0 Å². The highest BCUT2D eigenvalue weighted by Gasteiger charge is 2.35. The number of carbonyl (C=O) groups is 1. The minimum Gasteiger partial charge on any atom is -0.365 e. The molecule has 0 saturated carbocycles. The predicted octanol–water partition coefficient (Wildman–Crippen LogP) is 2.37. The van der Waals surface area contributed by atoms with Gasteiger partial charge < -0.3 is 14.6 Å². The van der Waals surface area contributed by atoms with Gasteiger partial charge in [-0.15, -0.1) is 0 Å². The van der Waals surface area contributed by atoms with Gasteiger partial charge in [-0.3, -0.25) is 4.79 Å². The van der Waals surface area contributed by atoms with Crippen LogP contribution in [-0.4, -0.2) is 23.3 Å². The van der Waals surface area contributed by atoms with Crippen LogP contribution in [0.5, 0.6) is 0 Å². The maximum Gasteiger partial charge on any atom is 0.252 e. The lowest BCUT2D eigenvalue weighted by Gasteiger charge is -2.32. The topological polar surface area (TPSA) is 64.4 Å². The van der Waals surface area contributed by atoms with Crippen molar-refractivity contribution in [1.29, 1.82) is 0 Å². The number of hydrogen-bond acceptors (Lipinski definition) is 4. The molecule has 0 radical (unpaired) electrons. The molecule has 1 fully saturated rings. The first-order valence-corrected chi connectivity index (χ1v) is 6.89.